The van der Waals surface area contributed by atoms with Crippen molar-refractivity contribution < 1.29 is 0 Å². The molecule has 21 heavy (non-hydrogen) atoms. The smallest absolute Gasteiger partial charge is 0.0464 e. The van der Waals surface area contributed by atoms with Crippen LogP contribution in [-0.4, -0.2) is 0 Å². The van der Waals surface area contributed by atoms with Crippen molar-refractivity contribution >= 4 is 49.9 Å². The Morgan fingerprint density at radius 3 is 2.48 bits per heavy atom. The van der Waals surface area contributed by atoms with Gasteiger partial charge in [0, 0.05) is 14.9 Å². The van der Waals surface area contributed by atoms with Crippen LogP contribution in [0.2, 0.25) is 10.0 Å². The van der Waals surface area contributed by atoms with Crippen LogP contribution < -0.4 is 0 Å². The van der Waals surface area contributed by atoms with Gasteiger partial charge in [-0.25, -0.2) is 0 Å². The van der Waals surface area contributed by atoms with Gasteiger partial charge in [-0.1, -0.05) is 87.7 Å². The second kappa shape index (κ2) is 6.39. The van der Waals surface area contributed by atoms with Gasteiger partial charge in [-0.3, -0.25) is 0 Å². The average molecular weight is 380 g/mol. The van der Waals surface area contributed by atoms with Crippen LogP contribution in [0.1, 0.15) is 16.0 Å². The molecule has 3 aromatic carbocycles. The van der Waals surface area contributed by atoms with Crippen LogP contribution in [0.15, 0.2) is 60.7 Å². The van der Waals surface area contributed by atoms with E-state index in [1.165, 1.54) is 16.3 Å². The van der Waals surface area contributed by atoms with E-state index in [0.717, 1.165) is 12.0 Å². The molecule has 0 aliphatic carbocycles. The first-order valence-corrected chi connectivity index (χ1v) is 8.38. The second-order valence-corrected chi connectivity index (χ2v) is 6.92. The molecule has 0 aromatic heterocycles. The van der Waals surface area contributed by atoms with Gasteiger partial charge in [0.2, 0.25) is 0 Å². The molecule has 3 heteroatoms. The molecule has 0 fully saturated rings. The monoisotopic (exact) mass is 378 g/mol. The summed E-state index contributed by atoms with van der Waals surface area (Å²) in [6.45, 7) is 0. The van der Waals surface area contributed by atoms with Crippen LogP contribution in [0.5, 0.6) is 0 Å². The van der Waals surface area contributed by atoms with E-state index < -0.39 is 0 Å². The van der Waals surface area contributed by atoms with Crippen molar-refractivity contribution in [1.82, 2.24) is 0 Å². The fraction of sp³-hybridized carbons (Fsp3) is 0.111. The van der Waals surface area contributed by atoms with Crippen LogP contribution in [-0.2, 0) is 6.42 Å². The highest BCUT2D eigenvalue weighted by molar-refractivity contribution is 9.09. The highest BCUT2D eigenvalue weighted by Crippen LogP contribution is 2.35. The molecule has 3 rings (SSSR count). The molecular formula is C18H13BrCl2. The van der Waals surface area contributed by atoms with E-state index in [1.54, 1.807) is 6.07 Å². The van der Waals surface area contributed by atoms with Gasteiger partial charge >= 0.3 is 0 Å². The Hall–Kier alpha value is -1.02. The minimum Gasteiger partial charge on any atom is -0.0843 e. The van der Waals surface area contributed by atoms with E-state index in [0.29, 0.717) is 10.0 Å². The van der Waals surface area contributed by atoms with Crippen molar-refractivity contribution in [3.63, 3.8) is 0 Å². The lowest BCUT2D eigenvalue weighted by Gasteiger charge is -2.14. The van der Waals surface area contributed by atoms with E-state index in [2.05, 4.69) is 58.4 Å². The van der Waals surface area contributed by atoms with Crippen molar-refractivity contribution in [3.8, 4) is 0 Å². The van der Waals surface area contributed by atoms with Crippen molar-refractivity contribution in [1.29, 1.82) is 0 Å². The van der Waals surface area contributed by atoms with E-state index in [4.69, 9.17) is 23.2 Å². The molecule has 0 amide bonds. The van der Waals surface area contributed by atoms with Crippen LogP contribution in [0.4, 0.5) is 0 Å². The average Bonchev–Trinajstić information content (AvgIpc) is 2.47. The third-order valence-electron chi connectivity index (χ3n) is 3.58. The molecule has 3 aromatic rings. The predicted molar refractivity (Wildman–Crippen MR) is 95.8 cm³/mol. The highest BCUT2D eigenvalue weighted by Gasteiger charge is 2.14. The zero-order valence-corrected chi connectivity index (χ0v) is 14.3. The standard InChI is InChI=1S/C18H13BrCl2/c19-17(16-9-8-14(20)11-18(16)21)10-13-6-3-5-12-4-1-2-7-15(12)13/h1-9,11,17H,10H2. The topological polar surface area (TPSA) is 0 Å². The Labute approximate surface area is 142 Å². The Morgan fingerprint density at radius 2 is 1.67 bits per heavy atom. The Morgan fingerprint density at radius 1 is 0.905 bits per heavy atom. The normalized spacial score (nSPS) is 12.5. The van der Waals surface area contributed by atoms with Gasteiger partial charge < -0.3 is 0 Å². The number of hydrogen-bond acceptors (Lipinski definition) is 0. The second-order valence-electron chi connectivity index (χ2n) is 4.98. The molecule has 106 valence electrons. The minimum absolute atomic E-state index is 0.160. The summed E-state index contributed by atoms with van der Waals surface area (Å²) in [6, 6.07) is 20.5. The summed E-state index contributed by atoms with van der Waals surface area (Å²) in [4.78, 5) is 0.160. The van der Waals surface area contributed by atoms with Crippen LogP contribution in [0.25, 0.3) is 10.8 Å². The van der Waals surface area contributed by atoms with Crippen molar-refractivity contribution in [2.24, 2.45) is 0 Å². The maximum absolute atomic E-state index is 6.29. The molecule has 1 atom stereocenters. The molecule has 0 nitrogen and oxygen atoms in total. The van der Waals surface area contributed by atoms with Gasteiger partial charge in [-0.15, -0.1) is 0 Å². The molecule has 0 saturated carbocycles. The fourth-order valence-corrected chi connectivity index (χ4v) is 3.95. The molecule has 0 heterocycles. The third-order valence-corrected chi connectivity index (χ3v) is 4.96. The van der Waals surface area contributed by atoms with Gasteiger partial charge in [-0.2, -0.15) is 0 Å². The largest absolute Gasteiger partial charge is 0.0843 e. The Balaban J connectivity index is 1.94. The first-order chi connectivity index (χ1) is 10.1. The number of fused-ring (bicyclic) bond motifs is 1. The maximum Gasteiger partial charge on any atom is 0.0464 e. The summed E-state index contributed by atoms with van der Waals surface area (Å²) in [6.07, 6.45) is 0.878. The van der Waals surface area contributed by atoms with Gasteiger partial charge in [0.05, 0.1) is 0 Å². The molecule has 0 bridgehead atoms. The van der Waals surface area contributed by atoms with Gasteiger partial charge in [0.1, 0.15) is 0 Å². The Bertz CT molecular complexity index is 778. The lowest BCUT2D eigenvalue weighted by Crippen LogP contribution is -1.97. The molecule has 0 spiro atoms. The first kappa shape index (κ1) is 14.9. The molecule has 0 N–H and O–H groups in total. The number of hydrogen-bond donors (Lipinski definition) is 0. The van der Waals surface area contributed by atoms with Gasteiger partial charge in [0.25, 0.3) is 0 Å². The van der Waals surface area contributed by atoms with Crippen molar-refractivity contribution in [3.05, 3.63) is 81.8 Å². The molecule has 0 aliphatic heterocycles. The molecular weight excluding hydrogens is 367 g/mol. The Kier molecular flexibility index (Phi) is 4.54. The summed E-state index contributed by atoms with van der Waals surface area (Å²) >= 11 is 16.0. The summed E-state index contributed by atoms with van der Waals surface area (Å²) in [5, 5.41) is 3.91. The molecule has 0 aliphatic rings. The molecule has 0 saturated heterocycles. The van der Waals surface area contributed by atoms with E-state index in [1.807, 2.05) is 12.1 Å². The summed E-state index contributed by atoms with van der Waals surface area (Å²) < 4.78 is 0. The fourth-order valence-electron chi connectivity index (χ4n) is 2.53. The maximum atomic E-state index is 6.29. The highest BCUT2D eigenvalue weighted by atomic mass is 79.9. The van der Waals surface area contributed by atoms with Crippen molar-refractivity contribution in [2.45, 2.75) is 11.2 Å². The lowest BCUT2D eigenvalue weighted by molar-refractivity contribution is 0.958. The lowest BCUT2D eigenvalue weighted by atomic mass is 9.98. The van der Waals surface area contributed by atoms with E-state index in [-0.39, 0.29) is 4.83 Å². The summed E-state index contributed by atoms with van der Waals surface area (Å²) in [7, 11) is 0. The van der Waals surface area contributed by atoms with E-state index in [9.17, 15) is 0 Å². The molecule has 0 radical (unpaired) electrons. The number of rotatable bonds is 3. The van der Waals surface area contributed by atoms with Crippen LogP contribution in [0, 0.1) is 0 Å². The third kappa shape index (κ3) is 3.26. The van der Waals surface area contributed by atoms with Gasteiger partial charge in [-0.05, 0) is 40.5 Å². The zero-order chi connectivity index (χ0) is 14.8. The molecule has 1 unspecified atom stereocenters. The van der Waals surface area contributed by atoms with Gasteiger partial charge in [0.15, 0.2) is 0 Å². The number of benzene rings is 3. The SMILES string of the molecule is Clc1ccc(C(Br)Cc2cccc3ccccc23)c(Cl)c1. The van der Waals surface area contributed by atoms with E-state index >= 15 is 0 Å². The predicted octanol–water partition coefficient (Wildman–Crippen LogP) is 6.83. The summed E-state index contributed by atoms with van der Waals surface area (Å²) in [5.41, 5.74) is 2.37. The first-order valence-electron chi connectivity index (χ1n) is 6.71. The minimum atomic E-state index is 0.160. The quantitative estimate of drug-likeness (QED) is 0.437. The van der Waals surface area contributed by atoms with Crippen LogP contribution >= 0.6 is 39.1 Å². The van der Waals surface area contributed by atoms with Crippen LogP contribution in [0.3, 0.4) is 0 Å². The number of alkyl halides is 1. The van der Waals surface area contributed by atoms with Crippen molar-refractivity contribution in [2.75, 3.05) is 0 Å². The number of halogens is 3. The zero-order valence-electron chi connectivity index (χ0n) is 11.2. The summed E-state index contributed by atoms with van der Waals surface area (Å²) in [5.74, 6) is 0.